The summed E-state index contributed by atoms with van der Waals surface area (Å²) < 4.78 is 1.88. The van der Waals surface area contributed by atoms with Crippen molar-refractivity contribution in [1.29, 1.82) is 0 Å². The second kappa shape index (κ2) is 2.70. The molecule has 0 fully saturated rings. The van der Waals surface area contributed by atoms with Crippen molar-refractivity contribution in [3.63, 3.8) is 0 Å². The molecule has 3 nitrogen and oxygen atoms in total. The zero-order valence-electron chi connectivity index (χ0n) is 6.38. The summed E-state index contributed by atoms with van der Waals surface area (Å²) in [5.74, 6) is 0.182. The van der Waals surface area contributed by atoms with Gasteiger partial charge in [-0.2, -0.15) is 0 Å². The summed E-state index contributed by atoms with van der Waals surface area (Å²) >= 11 is 0. The van der Waals surface area contributed by atoms with Crippen molar-refractivity contribution in [1.82, 2.24) is 9.55 Å². The van der Waals surface area contributed by atoms with E-state index in [2.05, 4.69) is 4.98 Å². The summed E-state index contributed by atoms with van der Waals surface area (Å²) in [6.45, 7) is 0. The smallest absolute Gasteiger partial charge is 0.135 e. The number of rotatable bonds is 1. The second-order valence-electron chi connectivity index (χ2n) is 2.49. The lowest BCUT2D eigenvalue weighted by molar-refractivity contribution is 0.472. The lowest BCUT2D eigenvalue weighted by Gasteiger charge is -2.00. The number of hydrogen-bond donors (Lipinski definition) is 1. The van der Waals surface area contributed by atoms with E-state index in [1.807, 2.05) is 29.1 Å². The van der Waals surface area contributed by atoms with Crippen LogP contribution in [0.2, 0.25) is 0 Å². The molecular weight excluding hydrogens is 152 g/mol. The van der Waals surface area contributed by atoms with Crippen molar-refractivity contribution in [2.24, 2.45) is 0 Å². The molecule has 0 saturated carbocycles. The summed E-state index contributed by atoms with van der Waals surface area (Å²) in [6, 6.07) is 5.50. The third kappa shape index (κ3) is 1.16. The van der Waals surface area contributed by atoms with Crippen LogP contribution >= 0.6 is 0 Å². The average Bonchev–Trinajstić information content (AvgIpc) is 2.56. The monoisotopic (exact) mass is 160 g/mol. The highest BCUT2D eigenvalue weighted by Crippen LogP contribution is 2.12. The van der Waals surface area contributed by atoms with Crippen LogP contribution in [0.1, 0.15) is 0 Å². The largest absolute Gasteiger partial charge is 0.506 e. The average molecular weight is 160 g/mol. The molecule has 1 N–H and O–H groups in total. The van der Waals surface area contributed by atoms with Crippen molar-refractivity contribution >= 4 is 0 Å². The topological polar surface area (TPSA) is 38.1 Å². The van der Waals surface area contributed by atoms with E-state index in [0.29, 0.717) is 0 Å². The van der Waals surface area contributed by atoms with Crippen molar-refractivity contribution in [3.8, 4) is 11.4 Å². The Labute approximate surface area is 69.9 Å². The van der Waals surface area contributed by atoms with Crippen LogP contribution in [0.4, 0.5) is 0 Å². The highest BCUT2D eigenvalue weighted by atomic mass is 16.3. The molecule has 0 aliphatic carbocycles. The van der Waals surface area contributed by atoms with Gasteiger partial charge in [0.05, 0.1) is 18.1 Å². The Bertz CT molecular complexity index is 368. The van der Waals surface area contributed by atoms with Crippen LogP contribution in [-0.4, -0.2) is 14.7 Å². The Balaban J connectivity index is 2.48. The molecule has 0 aromatic carbocycles. The Morgan fingerprint density at radius 1 is 1.17 bits per heavy atom. The maximum Gasteiger partial charge on any atom is 0.135 e. The van der Waals surface area contributed by atoms with Gasteiger partial charge in [-0.3, -0.25) is 4.98 Å². The first-order valence-corrected chi connectivity index (χ1v) is 3.63. The van der Waals surface area contributed by atoms with Gasteiger partial charge in [0.2, 0.25) is 0 Å². The van der Waals surface area contributed by atoms with Crippen LogP contribution in [0.3, 0.4) is 0 Å². The van der Waals surface area contributed by atoms with Crippen molar-refractivity contribution in [2.45, 2.75) is 0 Å². The summed E-state index contributed by atoms with van der Waals surface area (Å²) in [5.41, 5.74) is 0.861. The molecule has 0 aliphatic heterocycles. The van der Waals surface area contributed by atoms with Crippen LogP contribution in [0.25, 0.3) is 5.69 Å². The van der Waals surface area contributed by atoms with E-state index in [1.165, 1.54) is 6.20 Å². The van der Waals surface area contributed by atoms with E-state index in [9.17, 15) is 0 Å². The van der Waals surface area contributed by atoms with Crippen molar-refractivity contribution in [2.75, 3.05) is 0 Å². The normalized spacial score (nSPS) is 10.0. The Hall–Kier alpha value is -1.77. The summed E-state index contributed by atoms with van der Waals surface area (Å²) in [7, 11) is 0. The molecule has 2 aromatic rings. The van der Waals surface area contributed by atoms with E-state index in [1.54, 1.807) is 12.3 Å². The number of pyridine rings is 1. The van der Waals surface area contributed by atoms with Crippen molar-refractivity contribution < 1.29 is 5.11 Å². The van der Waals surface area contributed by atoms with E-state index in [-0.39, 0.29) is 5.75 Å². The van der Waals surface area contributed by atoms with Gasteiger partial charge in [0.15, 0.2) is 0 Å². The van der Waals surface area contributed by atoms with Gasteiger partial charge in [0, 0.05) is 18.5 Å². The molecule has 2 rings (SSSR count). The lowest BCUT2D eigenvalue weighted by atomic mass is 10.4. The molecule has 12 heavy (non-hydrogen) atoms. The Morgan fingerprint density at radius 3 is 2.58 bits per heavy atom. The molecule has 60 valence electrons. The summed E-state index contributed by atoms with van der Waals surface area (Å²) in [6.07, 6.45) is 6.90. The maximum atomic E-state index is 9.14. The van der Waals surface area contributed by atoms with E-state index in [0.717, 1.165) is 5.69 Å². The first kappa shape index (κ1) is 6.91. The van der Waals surface area contributed by atoms with Gasteiger partial charge in [-0.05, 0) is 12.1 Å². The van der Waals surface area contributed by atoms with E-state index in [4.69, 9.17) is 5.11 Å². The van der Waals surface area contributed by atoms with E-state index < -0.39 is 0 Å². The SMILES string of the molecule is Oc1cncc(-n2cccc2)c1. The van der Waals surface area contributed by atoms with Gasteiger partial charge in [-0.25, -0.2) is 0 Å². The zero-order chi connectivity index (χ0) is 8.39. The molecule has 0 atom stereocenters. The molecular formula is C9H8N2O. The maximum absolute atomic E-state index is 9.14. The van der Waals surface area contributed by atoms with Gasteiger partial charge in [0.1, 0.15) is 5.75 Å². The highest BCUT2D eigenvalue weighted by molar-refractivity contribution is 5.34. The van der Waals surface area contributed by atoms with Crippen molar-refractivity contribution in [3.05, 3.63) is 43.0 Å². The second-order valence-corrected chi connectivity index (χ2v) is 2.49. The lowest BCUT2D eigenvalue weighted by Crippen LogP contribution is -1.89. The van der Waals surface area contributed by atoms with Crippen LogP contribution in [0.5, 0.6) is 5.75 Å². The third-order valence-electron chi connectivity index (χ3n) is 1.61. The fraction of sp³-hybridized carbons (Fsp3) is 0. The molecule has 0 radical (unpaired) electrons. The van der Waals surface area contributed by atoms with E-state index >= 15 is 0 Å². The Kier molecular flexibility index (Phi) is 1.55. The standard InChI is InChI=1S/C9H8N2O/c12-9-5-8(6-10-7-9)11-3-1-2-4-11/h1-7,12H. The first-order chi connectivity index (χ1) is 5.86. The van der Waals surface area contributed by atoms with Crippen LogP contribution in [-0.2, 0) is 0 Å². The van der Waals surface area contributed by atoms with Gasteiger partial charge in [-0.1, -0.05) is 0 Å². The zero-order valence-corrected chi connectivity index (χ0v) is 6.38. The molecule has 0 bridgehead atoms. The quantitative estimate of drug-likeness (QED) is 0.687. The van der Waals surface area contributed by atoms with Gasteiger partial charge in [0.25, 0.3) is 0 Å². The summed E-state index contributed by atoms with van der Waals surface area (Å²) in [4.78, 5) is 3.87. The van der Waals surface area contributed by atoms with Gasteiger partial charge in [-0.15, -0.1) is 0 Å². The molecule has 0 unspecified atom stereocenters. The number of aromatic nitrogens is 2. The highest BCUT2D eigenvalue weighted by Gasteiger charge is 1.95. The minimum atomic E-state index is 0.182. The predicted molar refractivity (Wildman–Crippen MR) is 45.2 cm³/mol. The van der Waals surface area contributed by atoms with Crippen LogP contribution < -0.4 is 0 Å². The van der Waals surface area contributed by atoms with Gasteiger partial charge >= 0.3 is 0 Å². The molecule has 3 heteroatoms. The molecule has 2 aromatic heterocycles. The van der Waals surface area contributed by atoms with Crippen LogP contribution in [0.15, 0.2) is 43.0 Å². The fourth-order valence-corrected chi connectivity index (χ4v) is 1.06. The molecule has 2 heterocycles. The number of nitrogens with zero attached hydrogens (tertiary/aromatic N) is 2. The molecule has 0 spiro atoms. The Morgan fingerprint density at radius 2 is 1.92 bits per heavy atom. The first-order valence-electron chi connectivity index (χ1n) is 3.63. The van der Waals surface area contributed by atoms with Crippen LogP contribution in [0, 0.1) is 0 Å². The minimum absolute atomic E-state index is 0.182. The third-order valence-corrected chi connectivity index (χ3v) is 1.61. The summed E-state index contributed by atoms with van der Waals surface area (Å²) in [5, 5.41) is 9.14. The van der Waals surface area contributed by atoms with Gasteiger partial charge < -0.3 is 9.67 Å². The predicted octanol–water partition coefficient (Wildman–Crippen LogP) is 1.58. The number of hydrogen-bond acceptors (Lipinski definition) is 2. The fourth-order valence-electron chi connectivity index (χ4n) is 1.06. The molecule has 0 aliphatic rings. The number of aromatic hydroxyl groups is 1. The molecule has 0 amide bonds. The molecule has 0 saturated heterocycles. The minimum Gasteiger partial charge on any atom is -0.506 e.